The van der Waals surface area contributed by atoms with Gasteiger partial charge in [-0.1, -0.05) is 24.3 Å². The summed E-state index contributed by atoms with van der Waals surface area (Å²) >= 11 is 1.58. The van der Waals surface area contributed by atoms with E-state index in [2.05, 4.69) is 10.3 Å². The van der Waals surface area contributed by atoms with Crippen molar-refractivity contribution in [3.63, 3.8) is 0 Å². The highest BCUT2D eigenvalue weighted by Crippen LogP contribution is 2.30. The summed E-state index contributed by atoms with van der Waals surface area (Å²) < 4.78 is 28.1. The maximum Gasteiger partial charge on any atom is 0.245 e. The van der Waals surface area contributed by atoms with E-state index in [-0.39, 0.29) is 10.8 Å². The highest BCUT2D eigenvalue weighted by Gasteiger charge is 2.40. The van der Waals surface area contributed by atoms with E-state index in [4.69, 9.17) is 0 Å². The van der Waals surface area contributed by atoms with Gasteiger partial charge in [-0.25, -0.2) is 8.42 Å². The first kappa shape index (κ1) is 19.9. The summed E-state index contributed by atoms with van der Waals surface area (Å²) in [5.74, 6) is -0.308. The molecule has 6 nitrogen and oxygen atoms in total. The third-order valence-electron chi connectivity index (χ3n) is 5.03. The van der Waals surface area contributed by atoms with Crippen LogP contribution in [0.2, 0.25) is 0 Å². The second-order valence-electron chi connectivity index (χ2n) is 6.83. The van der Waals surface area contributed by atoms with E-state index < -0.39 is 16.1 Å². The number of carbonyl (C=O) groups is 1. The zero-order chi connectivity index (χ0) is 20.4. The van der Waals surface area contributed by atoms with Gasteiger partial charge in [0.2, 0.25) is 15.9 Å². The Balaban J connectivity index is 1.64. The number of amides is 1. The normalized spacial score (nSPS) is 17.5. The van der Waals surface area contributed by atoms with Gasteiger partial charge in [-0.3, -0.25) is 9.78 Å². The average molecular weight is 428 g/mol. The third kappa shape index (κ3) is 3.88. The molecule has 1 amide bonds. The maximum absolute atomic E-state index is 13.4. The van der Waals surface area contributed by atoms with Crippen molar-refractivity contribution in [3.05, 3.63) is 60.8 Å². The minimum Gasteiger partial charge on any atom is -0.325 e. The zero-order valence-corrected chi connectivity index (χ0v) is 17.5. The zero-order valence-electron chi connectivity index (χ0n) is 15.9. The van der Waals surface area contributed by atoms with Gasteiger partial charge in [-0.05, 0) is 49.4 Å². The molecule has 0 bridgehead atoms. The fraction of sp³-hybridized carbons (Fsp3) is 0.238. The van der Waals surface area contributed by atoms with Gasteiger partial charge in [0.1, 0.15) is 10.9 Å². The van der Waals surface area contributed by atoms with Gasteiger partial charge in [0.05, 0.1) is 5.52 Å². The molecule has 4 rings (SSSR count). The van der Waals surface area contributed by atoms with Gasteiger partial charge in [-0.2, -0.15) is 4.31 Å². The number of rotatable bonds is 5. The van der Waals surface area contributed by atoms with E-state index in [9.17, 15) is 13.2 Å². The number of pyridine rings is 1. The molecule has 0 radical (unpaired) electrons. The molecule has 29 heavy (non-hydrogen) atoms. The minimum absolute atomic E-state index is 0.139. The quantitative estimate of drug-likeness (QED) is 0.628. The molecule has 1 aliphatic heterocycles. The van der Waals surface area contributed by atoms with Crippen LogP contribution >= 0.6 is 11.8 Å². The molecule has 0 saturated carbocycles. The first-order chi connectivity index (χ1) is 14.0. The van der Waals surface area contributed by atoms with Crippen LogP contribution in [0.25, 0.3) is 10.9 Å². The standard InChI is InChI=1S/C21H21N3O3S2/c1-28-17-9-3-8-16(14-17)23-21(25)18-10-5-13-24(18)29(26,27)19-11-2-6-15-7-4-12-22-20(15)19/h2-4,6-9,11-12,14,18H,5,10,13H2,1H3,(H,23,25)/t18-/m0/s1. The van der Waals surface area contributed by atoms with Crippen LogP contribution in [0.4, 0.5) is 5.69 Å². The molecule has 2 aromatic carbocycles. The summed E-state index contributed by atoms with van der Waals surface area (Å²) in [6, 6.07) is 15.5. The molecule has 150 valence electrons. The van der Waals surface area contributed by atoms with Crippen molar-refractivity contribution < 1.29 is 13.2 Å². The number of thioether (sulfide) groups is 1. The number of para-hydroxylation sites is 1. The number of fused-ring (bicyclic) bond motifs is 1. The van der Waals surface area contributed by atoms with Gasteiger partial charge in [-0.15, -0.1) is 11.8 Å². The molecular formula is C21H21N3O3S2. The average Bonchev–Trinajstić information content (AvgIpc) is 3.24. The number of anilines is 1. The third-order valence-corrected chi connectivity index (χ3v) is 7.69. The van der Waals surface area contributed by atoms with Crippen molar-refractivity contribution in [1.29, 1.82) is 0 Å². The number of carbonyl (C=O) groups excluding carboxylic acids is 1. The molecule has 0 unspecified atom stereocenters. The molecule has 1 atom stereocenters. The van der Waals surface area contributed by atoms with Crippen LogP contribution in [0.15, 0.2) is 70.6 Å². The number of aromatic nitrogens is 1. The monoisotopic (exact) mass is 427 g/mol. The maximum atomic E-state index is 13.4. The summed E-state index contributed by atoms with van der Waals surface area (Å²) in [5, 5.41) is 3.63. The Labute approximate surface area is 174 Å². The molecule has 1 aromatic heterocycles. The Morgan fingerprint density at radius 2 is 1.97 bits per heavy atom. The number of sulfonamides is 1. The fourth-order valence-corrected chi connectivity index (χ4v) is 5.91. The first-order valence-corrected chi connectivity index (χ1v) is 12.0. The van der Waals surface area contributed by atoms with E-state index >= 15 is 0 Å². The van der Waals surface area contributed by atoms with Crippen molar-refractivity contribution in [2.24, 2.45) is 0 Å². The number of nitrogens with one attached hydrogen (secondary N) is 1. The predicted molar refractivity (Wildman–Crippen MR) is 116 cm³/mol. The van der Waals surface area contributed by atoms with Crippen LogP contribution in [0, 0.1) is 0 Å². The lowest BCUT2D eigenvalue weighted by molar-refractivity contribution is -0.119. The Morgan fingerprint density at radius 1 is 1.17 bits per heavy atom. The highest BCUT2D eigenvalue weighted by atomic mass is 32.2. The molecule has 3 aromatic rings. The van der Waals surface area contributed by atoms with E-state index in [1.54, 1.807) is 42.2 Å². The molecular weight excluding hydrogens is 406 g/mol. The smallest absolute Gasteiger partial charge is 0.245 e. The summed E-state index contributed by atoms with van der Waals surface area (Å²) in [6.45, 7) is 0.314. The second kappa shape index (κ2) is 8.14. The molecule has 0 aliphatic carbocycles. The van der Waals surface area contributed by atoms with E-state index in [0.717, 1.165) is 10.3 Å². The van der Waals surface area contributed by atoms with Crippen LogP contribution in [0.5, 0.6) is 0 Å². The first-order valence-electron chi connectivity index (χ1n) is 9.31. The van der Waals surface area contributed by atoms with Crippen LogP contribution in [-0.2, 0) is 14.8 Å². The Hall–Kier alpha value is -2.42. The molecule has 1 fully saturated rings. The van der Waals surface area contributed by atoms with Crippen LogP contribution in [-0.4, -0.2) is 42.5 Å². The Morgan fingerprint density at radius 3 is 2.79 bits per heavy atom. The molecule has 2 heterocycles. The summed E-state index contributed by atoms with van der Waals surface area (Å²) in [7, 11) is -3.86. The second-order valence-corrected chi connectivity index (χ2v) is 9.56. The van der Waals surface area contributed by atoms with Crippen LogP contribution in [0.1, 0.15) is 12.8 Å². The summed E-state index contributed by atoms with van der Waals surface area (Å²) in [5.41, 5.74) is 1.09. The number of hydrogen-bond acceptors (Lipinski definition) is 5. The SMILES string of the molecule is CSc1cccc(NC(=O)[C@@H]2CCCN2S(=O)(=O)c2cccc3cccnc23)c1. The van der Waals surface area contributed by atoms with Gasteiger partial charge in [0.25, 0.3) is 0 Å². The largest absolute Gasteiger partial charge is 0.325 e. The van der Waals surface area contributed by atoms with E-state index in [0.29, 0.717) is 30.6 Å². The number of benzene rings is 2. The molecule has 1 N–H and O–H groups in total. The van der Waals surface area contributed by atoms with Gasteiger partial charge < -0.3 is 5.32 Å². The Bertz CT molecular complexity index is 1160. The number of hydrogen-bond donors (Lipinski definition) is 1. The fourth-order valence-electron chi connectivity index (χ4n) is 3.63. The van der Waals surface area contributed by atoms with Crippen LogP contribution < -0.4 is 5.32 Å². The predicted octanol–water partition coefficient (Wildman–Crippen LogP) is 3.75. The van der Waals surface area contributed by atoms with Crippen molar-refractivity contribution in [1.82, 2.24) is 9.29 Å². The Kier molecular flexibility index (Phi) is 5.58. The van der Waals surface area contributed by atoms with E-state index in [1.807, 2.05) is 36.6 Å². The summed E-state index contributed by atoms with van der Waals surface area (Å²) in [4.78, 5) is 18.4. The van der Waals surface area contributed by atoms with Crippen molar-refractivity contribution >= 4 is 44.3 Å². The van der Waals surface area contributed by atoms with E-state index in [1.165, 1.54) is 4.31 Å². The topological polar surface area (TPSA) is 79.4 Å². The lowest BCUT2D eigenvalue weighted by Gasteiger charge is -2.24. The van der Waals surface area contributed by atoms with Crippen molar-refractivity contribution in [2.45, 2.75) is 28.7 Å². The van der Waals surface area contributed by atoms with Gasteiger partial charge in [0.15, 0.2) is 0 Å². The van der Waals surface area contributed by atoms with Crippen LogP contribution in [0.3, 0.4) is 0 Å². The lowest BCUT2D eigenvalue weighted by Crippen LogP contribution is -2.43. The minimum atomic E-state index is -3.86. The molecule has 1 aliphatic rings. The van der Waals surface area contributed by atoms with Gasteiger partial charge >= 0.3 is 0 Å². The van der Waals surface area contributed by atoms with Crippen molar-refractivity contribution in [3.8, 4) is 0 Å². The van der Waals surface area contributed by atoms with Crippen molar-refractivity contribution in [2.75, 3.05) is 18.1 Å². The lowest BCUT2D eigenvalue weighted by atomic mass is 10.2. The van der Waals surface area contributed by atoms with Gasteiger partial charge in [0, 0.05) is 28.7 Å². The summed E-state index contributed by atoms with van der Waals surface area (Å²) in [6.07, 6.45) is 4.67. The highest BCUT2D eigenvalue weighted by molar-refractivity contribution is 7.98. The molecule has 0 spiro atoms. The molecule has 8 heteroatoms. The number of nitrogens with zero attached hydrogens (tertiary/aromatic N) is 2. The molecule has 1 saturated heterocycles.